The van der Waals surface area contributed by atoms with Gasteiger partial charge in [0.25, 0.3) is 0 Å². The van der Waals surface area contributed by atoms with Gasteiger partial charge in [-0.1, -0.05) is 20.3 Å². The Hall–Kier alpha value is -0.850. The highest BCUT2D eigenvalue weighted by atomic mass is 32.2. The number of rotatable bonds is 6. The lowest BCUT2D eigenvalue weighted by molar-refractivity contribution is 0.383. The summed E-state index contributed by atoms with van der Waals surface area (Å²) in [5.41, 5.74) is 0.975. The van der Waals surface area contributed by atoms with Gasteiger partial charge in [-0.3, -0.25) is 0 Å². The van der Waals surface area contributed by atoms with Crippen LogP contribution in [-0.2, 0) is 23.6 Å². The maximum Gasteiger partial charge on any atom is 0.242 e. The van der Waals surface area contributed by atoms with E-state index in [2.05, 4.69) is 23.9 Å². The fourth-order valence-corrected chi connectivity index (χ4v) is 3.42. The Balaban J connectivity index is 2.09. The topological polar surface area (TPSA) is 63.1 Å². The van der Waals surface area contributed by atoms with Crippen molar-refractivity contribution < 1.29 is 8.42 Å². The Morgan fingerprint density at radius 2 is 2.11 bits per heavy atom. The van der Waals surface area contributed by atoms with Crippen LogP contribution in [-0.4, -0.2) is 25.1 Å². The number of sulfonamides is 1. The SMILES string of the molecule is CC(C)NCc1cc(S(=O)(=O)NC2CCC2)cn1C. The third-order valence-corrected chi connectivity index (χ3v) is 5.00. The van der Waals surface area contributed by atoms with Gasteiger partial charge in [0.05, 0.1) is 4.90 Å². The fraction of sp³-hybridized carbons (Fsp3) is 0.692. The van der Waals surface area contributed by atoms with Gasteiger partial charge in [0, 0.05) is 37.6 Å². The second-order valence-electron chi connectivity index (χ2n) is 5.56. The molecule has 19 heavy (non-hydrogen) atoms. The average molecular weight is 285 g/mol. The third kappa shape index (κ3) is 3.58. The molecule has 1 heterocycles. The molecule has 2 N–H and O–H groups in total. The van der Waals surface area contributed by atoms with E-state index in [0.717, 1.165) is 25.0 Å². The van der Waals surface area contributed by atoms with Gasteiger partial charge in [0.1, 0.15) is 0 Å². The lowest BCUT2D eigenvalue weighted by Gasteiger charge is -2.25. The summed E-state index contributed by atoms with van der Waals surface area (Å²) in [6, 6.07) is 2.25. The number of aromatic nitrogens is 1. The highest BCUT2D eigenvalue weighted by Gasteiger charge is 2.25. The van der Waals surface area contributed by atoms with Gasteiger partial charge in [-0.2, -0.15) is 0 Å². The van der Waals surface area contributed by atoms with Crippen molar-refractivity contribution in [2.24, 2.45) is 7.05 Å². The summed E-state index contributed by atoms with van der Waals surface area (Å²) in [7, 11) is -1.48. The smallest absolute Gasteiger partial charge is 0.242 e. The van der Waals surface area contributed by atoms with E-state index in [9.17, 15) is 8.42 Å². The molecule has 1 aliphatic rings. The summed E-state index contributed by atoms with van der Waals surface area (Å²) >= 11 is 0. The van der Waals surface area contributed by atoms with E-state index in [-0.39, 0.29) is 6.04 Å². The zero-order valence-electron chi connectivity index (χ0n) is 11.8. The molecule has 6 heteroatoms. The minimum atomic E-state index is -3.36. The molecule has 108 valence electrons. The molecule has 0 saturated heterocycles. The van der Waals surface area contributed by atoms with E-state index < -0.39 is 10.0 Å². The Bertz CT molecular complexity index is 530. The summed E-state index contributed by atoms with van der Waals surface area (Å²) < 4.78 is 29.0. The van der Waals surface area contributed by atoms with Crippen LogP contribution in [0.5, 0.6) is 0 Å². The monoisotopic (exact) mass is 285 g/mol. The molecule has 0 spiro atoms. The minimum absolute atomic E-state index is 0.127. The molecule has 0 aromatic carbocycles. The highest BCUT2D eigenvalue weighted by molar-refractivity contribution is 7.89. The van der Waals surface area contributed by atoms with Crippen LogP contribution in [0.1, 0.15) is 38.8 Å². The van der Waals surface area contributed by atoms with E-state index in [1.54, 1.807) is 12.3 Å². The first-order valence-electron chi connectivity index (χ1n) is 6.79. The van der Waals surface area contributed by atoms with Crippen LogP contribution in [0.3, 0.4) is 0 Å². The van der Waals surface area contributed by atoms with Gasteiger partial charge in [-0.15, -0.1) is 0 Å². The van der Waals surface area contributed by atoms with Gasteiger partial charge >= 0.3 is 0 Å². The van der Waals surface area contributed by atoms with E-state index in [1.807, 2.05) is 11.6 Å². The van der Waals surface area contributed by atoms with E-state index in [1.165, 1.54) is 0 Å². The maximum absolute atomic E-state index is 12.2. The van der Waals surface area contributed by atoms with Gasteiger partial charge < -0.3 is 9.88 Å². The second kappa shape index (κ2) is 5.64. The zero-order valence-corrected chi connectivity index (χ0v) is 12.6. The lowest BCUT2D eigenvalue weighted by atomic mass is 9.94. The molecule has 1 aromatic heterocycles. The van der Waals surface area contributed by atoms with Crippen molar-refractivity contribution in [3.05, 3.63) is 18.0 Å². The van der Waals surface area contributed by atoms with E-state index in [4.69, 9.17) is 0 Å². The summed E-state index contributed by atoms with van der Waals surface area (Å²) in [5.74, 6) is 0. The molecular weight excluding hydrogens is 262 g/mol. The first-order valence-corrected chi connectivity index (χ1v) is 8.28. The second-order valence-corrected chi connectivity index (χ2v) is 7.28. The van der Waals surface area contributed by atoms with Crippen molar-refractivity contribution >= 4 is 10.0 Å². The molecule has 0 atom stereocenters. The fourth-order valence-electron chi connectivity index (χ4n) is 2.02. The van der Waals surface area contributed by atoms with Crippen LogP contribution < -0.4 is 10.0 Å². The average Bonchev–Trinajstić information content (AvgIpc) is 2.63. The molecule has 1 aliphatic carbocycles. The molecule has 1 fully saturated rings. The minimum Gasteiger partial charge on any atom is -0.352 e. The predicted molar refractivity (Wildman–Crippen MR) is 75.3 cm³/mol. The first kappa shape index (κ1) is 14.6. The summed E-state index contributed by atoms with van der Waals surface area (Å²) in [5, 5.41) is 3.29. The van der Waals surface area contributed by atoms with Gasteiger partial charge in [0.15, 0.2) is 0 Å². The molecule has 0 bridgehead atoms. The number of hydrogen-bond donors (Lipinski definition) is 2. The van der Waals surface area contributed by atoms with Crippen LogP contribution in [0.15, 0.2) is 17.2 Å². The Labute approximate surface area is 115 Å². The lowest BCUT2D eigenvalue weighted by Crippen LogP contribution is -2.39. The Morgan fingerprint density at radius 1 is 1.42 bits per heavy atom. The molecule has 5 nitrogen and oxygen atoms in total. The largest absolute Gasteiger partial charge is 0.352 e. The van der Waals surface area contributed by atoms with Gasteiger partial charge in [-0.25, -0.2) is 13.1 Å². The van der Waals surface area contributed by atoms with Crippen molar-refractivity contribution in [3.8, 4) is 0 Å². The molecule has 0 radical (unpaired) electrons. The van der Waals surface area contributed by atoms with Gasteiger partial charge in [0.2, 0.25) is 10.0 Å². The van der Waals surface area contributed by atoms with Crippen molar-refractivity contribution in [1.29, 1.82) is 0 Å². The molecular formula is C13H23N3O2S. The summed E-state index contributed by atoms with van der Waals surface area (Å²) in [6.07, 6.45) is 4.70. The first-order chi connectivity index (χ1) is 8.88. The molecule has 1 aromatic rings. The summed E-state index contributed by atoms with van der Waals surface area (Å²) in [4.78, 5) is 0.363. The quantitative estimate of drug-likeness (QED) is 0.829. The van der Waals surface area contributed by atoms with Crippen molar-refractivity contribution in [1.82, 2.24) is 14.6 Å². The normalized spacial score (nSPS) is 16.8. The van der Waals surface area contributed by atoms with Crippen LogP contribution in [0, 0.1) is 0 Å². The number of nitrogens with one attached hydrogen (secondary N) is 2. The maximum atomic E-state index is 12.2. The predicted octanol–water partition coefficient (Wildman–Crippen LogP) is 1.35. The van der Waals surface area contributed by atoms with Crippen LogP contribution in [0.4, 0.5) is 0 Å². The molecule has 0 aliphatic heterocycles. The summed E-state index contributed by atoms with van der Waals surface area (Å²) in [6.45, 7) is 4.81. The Kier molecular flexibility index (Phi) is 4.32. The van der Waals surface area contributed by atoms with Crippen LogP contribution >= 0.6 is 0 Å². The molecule has 0 unspecified atom stereocenters. The molecule has 1 saturated carbocycles. The van der Waals surface area contributed by atoms with Crippen LogP contribution in [0.25, 0.3) is 0 Å². The standard InChI is InChI=1S/C13H23N3O2S/c1-10(2)14-8-12-7-13(9-16(12)3)19(17,18)15-11-5-4-6-11/h7,9-11,14-15H,4-6,8H2,1-3H3. The molecule has 0 amide bonds. The van der Waals surface area contributed by atoms with Gasteiger partial charge in [-0.05, 0) is 18.9 Å². The molecule has 2 rings (SSSR count). The number of hydrogen-bond acceptors (Lipinski definition) is 3. The van der Waals surface area contributed by atoms with Crippen molar-refractivity contribution in [3.63, 3.8) is 0 Å². The van der Waals surface area contributed by atoms with Crippen molar-refractivity contribution in [2.45, 2.75) is 56.6 Å². The Morgan fingerprint density at radius 3 is 2.63 bits per heavy atom. The number of aryl methyl sites for hydroxylation is 1. The number of nitrogens with zero attached hydrogens (tertiary/aromatic N) is 1. The van der Waals surface area contributed by atoms with E-state index >= 15 is 0 Å². The van der Waals surface area contributed by atoms with Crippen LogP contribution in [0.2, 0.25) is 0 Å². The highest BCUT2D eigenvalue weighted by Crippen LogP contribution is 2.21. The zero-order chi connectivity index (χ0) is 14.0. The van der Waals surface area contributed by atoms with E-state index in [0.29, 0.717) is 17.5 Å². The third-order valence-electron chi connectivity index (χ3n) is 3.51. The van der Waals surface area contributed by atoms with Crippen molar-refractivity contribution in [2.75, 3.05) is 0 Å².